The molecule has 0 unspecified atom stereocenters. The summed E-state index contributed by atoms with van der Waals surface area (Å²) in [5.74, 6) is 1.39. The Morgan fingerprint density at radius 2 is 2.07 bits per heavy atom. The molecule has 0 bridgehead atoms. The van der Waals surface area contributed by atoms with E-state index in [9.17, 15) is 4.79 Å². The van der Waals surface area contributed by atoms with Crippen molar-refractivity contribution in [1.82, 2.24) is 10.2 Å². The van der Waals surface area contributed by atoms with Crippen molar-refractivity contribution in [3.8, 4) is 29.0 Å². The molecule has 0 aliphatic carbocycles. The van der Waals surface area contributed by atoms with Gasteiger partial charge in [-0.25, -0.2) is 0 Å². The number of hydrogen-bond acceptors (Lipinski definition) is 8. The van der Waals surface area contributed by atoms with Gasteiger partial charge in [-0.2, -0.15) is 5.26 Å². The Hall–Kier alpha value is -3.51. The molecule has 1 aliphatic rings. The summed E-state index contributed by atoms with van der Waals surface area (Å²) in [7, 11) is 0. The number of nitrogens with zero attached hydrogens (tertiary/aromatic N) is 3. The first-order valence-corrected chi connectivity index (χ1v) is 9.21. The number of thioether (sulfide) groups is 1. The van der Waals surface area contributed by atoms with E-state index >= 15 is 0 Å². The van der Waals surface area contributed by atoms with Crippen LogP contribution in [0.4, 0.5) is 5.69 Å². The number of nitriles is 1. The normalized spacial score (nSPS) is 13.0. The van der Waals surface area contributed by atoms with Crippen molar-refractivity contribution in [2.75, 3.05) is 12.1 Å². The molecule has 1 aromatic heterocycles. The zero-order chi connectivity index (χ0) is 19.5. The SMILES string of the molecule is C[C@H](Sc1nnc(-c2ccc3c(c2)OCO3)o1)C(=O)Nc1cccc(C#N)c1. The van der Waals surface area contributed by atoms with Gasteiger partial charge in [0.15, 0.2) is 11.5 Å². The van der Waals surface area contributed by atoms with Crippen LogP contribution in [0.2, 0.25) is 0 Å². The zero-order valence-electron chi connectivity index (χ0n) is 14.7. The third kappa shape index (κ3) is 3.77. The predicted molar refractivity (Wildman–Crippen MR) is 101 cm³/mol. The minimum atomic E-state index is -0.476. The maximum Gasteiger partial charge on any atom is 0.277 e. The molecule has 8 nitrogen and oxygen atoms in total. The minimum absolute atomic E-state index is 0.188. The molecule has 0 spiro atoms. The van der Waals surface area contributed by atoms with Gasteiger partial charge in [0.2, 0.25) is 18.6 Å². The molecule has 1 N–H and O–H groups in total. The van der Waals surface area contributed by atoms with Gasteiger partial charge in [-0.15, -0.1) is 10.2 Å². The number of benzene rings is 2. The summed E-state index contributed by atoms with van der Waals surface area (Å²) in [4.78, 5) is 12.4. The van der Waals surface area contributed by atoms with Crippen LogP contribution in [0.25, 0.3) is 11.5 Å². The predicted octanol–water partition coefficient (Wildman–Crippen LogP) is 3.46. The van der Waals surface area contributed by atoms with E-state index in [2.05, 4.69) is 15.5 Å². The summed E-state index contributed by atoms with van der Waals surface area (Å²) >= 11 is 1.15. The molecule has 2 heterocycles. The Bertz CT molecular complexity index is 1080. The molecule has 9 heteroatoms. The summed E-state index contributed by atoms with van der Waals surface area (Å²) in [6.45, 7) is 1.92. The lowest BCUT2D eigenvalue weighted by Gasteiger charge is -2.09. The standard InChI is InChI=1S/C19H14N4O4S/c1-11(17(24)21-14-4-2-3-12(7-14)9-20)28-19-23-22-18(27-19)13-5-6-15-16(8-13)26-10-25-15/h2-8,11H,10H2,1H3,(H,21,24)/t11-/m0/s1. The number of carbonyl (C=O) groups excluding carboxylic acids is 1. The van der Waals surface area contributed by atoms with E-state index in [-0.39, 0.29) is 17.9 Å². The molecule has 1 aliphatic heterocycles. The second kappa shape index (κ2) is 7.62. The van der Waals surface area contributed by atoms with Gasteiger partial charge in [-0.1, -0.05) is 17.8 Å². The zero-order valence-corrected chi connectivity index (χ0v) is 15.5. The number of amides is 1. The molecule has 2 aromatic carbocycles. The van der Waals surface area contributed by atoms with E-state index in [0.29, 0.717) is 34.2 Å². The summed E-state index contributed by atoms with van der Waals surface area (Å²) in [5.41, 5.74) is 1.74. The third-order valence-electron chi connectivity index (χ3n) is 3.93. The summed E-state index contributed by atoms with van der Waals surface area (Å²) in [6.07, 6.45) is 0. The maximum atomic E-state index is 12.4. The van der Waals surface area contributed by atoms with Crippen LogP contribution in [0.1, 0.15) is 12.5 Å². The molecular weight excluding hydrogens is 380 g/mol. The number of nitrogens with one attached hydrogen (secondary N) is 1. The van der Waals surface area contributed by atoms with Gasteiger partial charge >= 0.3 is 0 Å². The fourth-order valence-corrected chi connectivity index (χ4v) is 3.20. The monoisotopic (exact) mass is 394 g/mol. The molecule has 3 aromatic rings. The second-order valence-corrected chi connectivity index (χ2v) is 7.18. The van der Waals surface area contributed by atoms with Crippen LogP contribution >= 0.6 is 11.8 Å². The Labute approximate surface area is 164 Å². The Balaban J connectivity index is 1.41. The highest BCUT2D eigenvalue weighted by Crippen LogP contribution is 2.36. The number of aromatic nitrogens is 2. The van der Waals surface area contributed by atoms with Gasteiger partial charge in [0.25, 0.3) is 5.22 Å². The third-order valence-corrected chi connectivity index (χ3v) is 4.87. The Morgan fingerprint density at radius 1 is 1.21 bits per heavy atom. The first-order valence-electron chi connectivity index (χ1n) is 8.33. The van der Waals surface area contributed by atoms with Crippen molar-refractivity contribution in [3.63, 3.8) is 0 Å². The number of fused-ring (bicyclic) bond motifs is 1. The average molecular weight is 394 g/mol. The van der Waals surface area contributed by atoms with Gasteiger partial charge in [0.1, 0.15) is 0 Å². The topological polar surface area (TPSA) is 110 Å². The van der Waals surface area contributed by atoms with E-state index in [1.165, 1.54) is 0 Å². The van der Waals surface area contributed by atoms with Crippen molar-refractivity contribution >= 4 is 23.4 Å². The highest BCUT2D eigenvalue weighted by atomic mass is 32.2. The van der Waals surface area contributed by atoms with E-state index < -0.39 is 5.25 Å². The van der Waals surface area contributed by atoms with Crippen molar-refractivity contribution in [2.24, 2.45) is 0 Å². The Morgan fingerprint density at radius 3 is 2.93 bits per heavy atom. The van der Waals surface area contributed by atoms with E-state index in [1.54, 1.807) is 49.4 Å². The van der Waals surface area contributed by atoms with Crippen molar-refractivity contribution in [2.45, 2.75) is 17.4 Å². The fraction of sp³-hybridized carbons (Fsp3) is 0.158. The van der Waals surface area contributed by atoms with Crippen LogP contribution in [0.3, 0.4) is 0 Å². The molecule has 1 atom stereocenters. The van der Waals surface area contributed by atoms with Gasteiger partial charge in [0.05, 0.1) is 16.9 Å². The van der Waals surface area contributed by atoms with Crippen LogP contribution < -0.4 is 14.8 Å². The molecule has 28 heavy (non-hydrogen) atoms. The number of carbonyl (C=O) groups is 1. The van der Waals surface area contributed by atoms with Gasteiger partial charge in [-0.3, -0.25) is 4.79 Å². The van der Waals surface area contributed by atoms with Crippen LogP contribution in [0.15, 0.2) is 52.1 Å². The largest absolute Gasteiger partial charge is 0.454 e. The van der Waals surface area contributed by atoms with Crippen LogP contribution in [0, 0.1) is 11.3 Å². The molecule has 0 radical (unpaired) electrons. The van der Waals surface area contributed by atoms with Gasteiger partial charge in [0, 0.05) is 11.3 Å². The highest BCUT2D eigenvalue weighted by molar-refractivity contribution is 8.00. The van der Waals surface area contributed by atoms with Crippen molar-refractivity contribution in [1.29, 1.82) is 5.26 Å². The van der Waals surface area contributed by atoms with E-state index in [1.807, 2.05) is 6.07 Å². The van der Waals surface area contributed by atoms with Gasteiger partial charge in [-0.05, 0) is 43.3 Å². The van der Waals surface area contributed by atoms with Crippen molar-refractivity contribution < 1.29 is 18.7 Å². The molecular formula is C19H14N4O4S. The Kier molecular flexibility index (Phi) is 4.87. The van der Waals surface area contributed by atoms with E-state index in [0.717, 1.165) is 11.8 Å². The van der Waals surface area contributed by atoms with Crippen LogP contribution in [-0.4, -0.2) is 28.1 Å². The lowest BCUT2D eigenvalue weighted by molar-refractivity contribution is -0.115. The number of ether oxygens (including phenoxy) is 2. The summed E-state index contributed by atoms with van der Waals surface area (Å²) < 4.78 is 16.3. The molecule has 0 saturated carbocycles. The van der Waals surface area contributed by atoms with Crippen LogP contribution in [0.5, 0.6) is 11.5 Å². The average Bonchev–Trinajstić information content (AvgIpc) is 3.36. The molecule has 140 valence electrons. The first kappa shape index (κ1) is 17.9. The lowest BCUT2D eigenvalue weighted by atomic mass is 10.2. The molecule has 0 saturated heterocycles. The summed E-state index contributed by atoms with van der Waals surface area (Å²) in [6, 6.07) is 14.1. The number of hydrogen-bond donors (Lipinski definition) is 1. The van der Waals surface area contributed by atoms with Crippen molar-refractivity contribution in [3.05, 3.63) is 48.0 Å². The highest BCUT2D eigenvalue weighted by Gasteiger charge is 2.20. The smallest absolute Gasteiger partial charge is 0.277 e. The quantitative estimate of drug-likeness (QED) is 0.655. The first-order chi connectivity index (χ1) is 13.6. The maximum absolute atomic E-state index is 12.4. The number of rotatable bonds is 5. The van der Waals surface area contributed by atoms with Gasteiger partial charge < -0.3 is 19.2 Å². The minimum Gasteiger partial charge on any atom is -0.454 e. The summed E-state index contributed by atoms with van der Waals surface area (Å²) in [5, 5.41) is 19.5. The molecule has 4 rings (SSSR count). The molecule has 0 fully saturated rings. The second-order valence-electron chi connectivity index (χ2n) is 5.88. The number of anilines is 1. The molecule has 1 amide bonds. The van der Waals surface area contributed by atoms with E-state index in [4.69, 9.17) is 19.2 Å². The fourth-order valence-electron chi connectivity index (χ4n) is 2.52. The lowest BCUT2D eigenvalue weighted by Crippen LogP contribution is -2.22. The van der Waals surface area contributed by atoms with Crippen LogP contribution in [-0.2, 0) is 4.79 Å².